The van der Waals surface area contributed by atoms with E-state index in [-0.39, 0.29) is 0 Å². The van der Waals surface area contributed by atoms with Gasteiger partial charge in [0.25, 0.3) is 0 Å². The number of benzene rings is 2. The predicted molar refractivity (Wildman–Crippen MR) is 98.1 cm³/mol. The summed E-state index contributed by atoms with van der Waals surface area (Å²) in [5, 5.41) is 14.6. The fourth-order valence-electron chi connectivity index (χ4n) is 2.41. The van der Waals surface area contributed by atoms with Crippen LogP contribution in [0.25, 0.3) is 0 Å². The smallest absolute Gasteiger partial charge is 0.239 e. The number of nitrogens with zero attached hydrogens (tertiary/aromatic N) is 1. The summed E-state index contributed by atoms with van der Waals surface area (Å²) in [6.45, 7) is 6.99. The van der Waals surface area contributed by atoms with Crippen LogP contribution in [-0.2, 0) is 9.59 Å². The highest BCUT2D eigenvalue weighted by atomic mass is 16.2. The third kappa shape index (κ3) is 4.24. The summed E-state index contributed by atoms with van der Waals surface area (Å²) < 4.78 is 0. The Hall–Kier alpha value is -3.13. The maximum atomic E-state index is 12.6. The molecule has 0 heterocycles. The van der Waals surface area contributed by atoms with Crippen LogP contribution in [-0.4, -0.2) is 11.8 Å². The van der Waals surface area contributed by atoms with Crippen molar-refractivity contribution in [1.29, 1.82) is 5.26 Å². The third-order valence-electron chi connectivity index (χ3n) is 3.91. The van der Waals surface area contributed by atoms with Crippen LogP contribution >= 0.6 is 0 Å². The van der Waals surface area contributed by atoms with Crippen LogP contribution in [0.4, 0.5) is 11.4 Å². The van der Waals surface area contributed by atoms with Gasteiger partial charge in [0.2, 0.25) is 11.8 Å². The fraction of sp³-hybridized carbons (Fsp3) is 0.250. The molecular weight excluding hydrogens is 314 g/mol. The minimum Gasteiger partial charge on any atom is -0.325 e. The van der Waals surface area contributed by atoms with Gasteiger partial charge < -0.3 is 10.6 Å². The second-order valence-corrected chi connectivity index (χ2v) is 6.57. The van der Waals surface area contributed by atoms with Gasteiger partial charge in [0, 0.05) is 5.69 Å². The summed E-state index contributed by atoms with van der Waals surface area (Å²) in [7, 11) is 0. The minimum absolute atomic E-state index is 0.348. The summed E-state index contributed by atoms with van der Waals surface area (Å²) >= 11 is 0. The molecule has 0 bridgehead atoms. The Morgan fingerprint density at radius 2 is 1.52 bits per heavy atom. The van der Waals surface area contributed by atoms with E-state index in [2.05, 4.69) is 10.6 Å². The zero-order valence-electron chi connectivity index (χ0n) is 14.8. The monoisotopic (exact) mass is 335 g/mol. The number of hydrogen-bond donors (Lipinski definition) is 2. The molecule has 0 aliphatic rings. The molecule has 25 heavy (non-hydrogen) atoms. The van der Waals surface area contributed by atoms with Crippen molar-refractivity contribution in [3.8, 4) is 6.07 Å². The molecule has 5 nitrogen and oxygen atoms in total. The number of amides is 2. The molecule has 0 aromatic heterocycles. The molecule has 0 spiro atoms. The number of anilines is 2. The van der Waals surface area contributed by atoms with E-state index in [0.29, 0.717) is 16.9 Å². The topological polar surface area (TPSA) is 82.0 Å². The van der Waals surface area contributed by atoms with Gasteiger partial charge in [-0.3, -0.25) is 9.59 Å². The molecule has 0 saturated carbocycles. The summed E-state index contributed by atoms with van der Waals surface area (Å²) in [5.74, 6) is -0.887. The standard InChI is InChI=1S/C20H21N3O2/c1-13-9-14(2)11-16(10-13)22-18(24)20(3,4)19(25)23-17-8-6-5-7-15(17)12-21/h5-11H,1-4H3,(H,22,24)(H,23,25). The molecule has 0 saturated heterocycles. The Bertz CT molecular complexity index is 843. The highest BCUT2D eigenvalue weighted by molar-refractivity contribution is 6.14. The van der Waals surface area contributed by atoms with Crippen LogP contribution in [0.15, 0.2) is 42.5 Å². The lowest BCUT2D eigenvalue weighted by Gasteiger charge is -2.23. The summed E-state index contributed by atoms with van der Waals surface area (Å²) in [4.78, 5) is 25.2. The van der Waals surface area contributed by atoms with Crippen molar-refractivity contribution in [3.05, 3.63) is 59.2 Å². The van der Waals surface area contributed by atoms with Gasteiger partial charge in [0.05, 0.1) is 11.3 Å². The first-order chi connectivity index (χ1) is 11.7. The Morgan fingerprint density at radius 1 is 0.960 bits per heavy atom. The molecule has 128 valence electrons. The average molecular weight is 335 g/mol. The Morgan fingerprint density at radius 3 is 2.12 bits per heavy atom. The van der Waals surface area contributed by atoms with E-state index < -0.39 is 17.2 Å². The van der Waals surface area contributed by atoms with Gasteiger partial charge in [0.15, 0.2) is 0 Å². The molecule has 0 atom stereocenters. The van der Waals surface area contributed by atoms with Crippen LogP contribution in [0.5, 0.6) is 0 Å². The number of para-hydroxylation sites is 1. The molecule has 0 unspecified atom stereocenters. The first-order valence-corrected chi connectivity index (χ1v) is 7.94. The van der Waals surface area contributed by atoms with E-state index in [1.165, 1.54) is 0 Å². The van der Waals surface area contributed by atoms with Crippen LogP contribution in [0.3, 0.4) is 0 Å². The Kier molecular flexibility index (Phi) is 5.23. The normalized spacial score (nSPS) is 10.7. The first-order valence-electron chi connectivity index (χ1n) is 7.94. The lowest BCUT2D eigenvalue weighted by atomic mass is 9.90. The van der Waals surface area contributed by atoms with Crippen molar-refractivity contribution < 1.29 is 9.59 Å². The zero-order valence-corrected chi connectivity index (χ0v) is 14.8. The summed E-state index contributed by atoms with van der Waals surface area (Å²) in [6.07, 6.45) is 0. The zero-order chi connectivity index (χ0) is 18.6. The highest BCUT2D eigenvalue weighted by Gasteiger charge is 2.36. The lowest BCUT2D eigenvalue weighted by molar-refractivity contribution is -0.135. The van der Waals surface area contributed by atoms with Crippen molar-refractivity contribution in [2.45, 2.75) is 27.7 Å². The van der Waals surface area contributed by atoms with Gasteiger partial charge >= 0.3 is 0 Å². The molecule has 2 aromatic rings. The maximum absolute atomic E-state index is 12.6. The largest absolute Gasteiger partial charge is 0.325 e. The van der Waals surface area contributed by atoms with Crippen LogP contribution in [0.1, 0.15) is 30.5 Å². The van der Waals surface area contributed by atoms with Crippen LogP contribution in [0.2, 0.25) is 0 Å². The Labute approximate surface area is 147 Å². The average Bonchev–Trinajstić information content (AvgIpc) is 2.54. The van der Waals surface area contributed by atoms with Gasteiger partial charge in [-0.1, -0.05) is 18.2 Å². The van der Waals surface area contributed by atoms with E-state index in [1.54, 1.807) is 38.1 Å². The number of rotatable bonds is 4. The second kappa shape index (κ2) is 7.18. The minimum atomic E-state index is -1.31. The SMILES string of the molecule is Cc1cc(C)cc(NC(=O)C(C)(C)C(=O)Nc2ccccc2C#N)c1. The van der Waals surface area contributed by atoms with Gasteiger partial charge in [-0.25, -0.2) is 0 Å². The van der Waals surface area contributed by atoms with Crippen molar-refractivity contribution in [2.24, 2.45) is 5.41 Å². The number of carbonyl (C=O) groups excluding carboxylic acids is 2. The van der Waals surface area contributed by atoms with Gasteiger partial charge in [-0.2, -0.15) is 5.26 Å². The van der Waals surface area contributed by atoms with Crippen LogP contribution in [0, 0.1) is 30.6 Å². The Balaban J connectivity index is 2.17. The van der Waals surface area contributed by atoms with E-state index >= 15 is 0 Å². The number of nitrogens with one attached hydrogen (secondary N) is 2. The molecule has 2 rings (SSSR count). The molecule has 0 fully saturated rings. The van der Waals surface area contributed by atoms with E-state index in [4.69, 9.17) is 5.26 Å². The number of aryl methyl sites for hydroxylation is 2. The van der Waals surface area contributed by atoms with Crippen molar-refractivity contribution in [1.82, 2.24) is 0 Å². The van der Waals surface area contributed by atoms with E-state index in [0.717, 1.165) is 11.1 Å². The van der Waals surface area contributed by atoms with Crippen molar-refractivity contribution in [3.63, 3.8) is 0 Å². The van der Waals surface area contributed by atoms with E-state index in [1.807, 2.05) is 38.1 Å². The predicted octanol–water partition coefficient (Wildman–Crippen LogP) is 3.78. The van der Waals surface area contributed by atoms with Crippen LogP contribution < -0.4 is 10.6 Å². The molecule has 2 amide bonds. The van der Waals surface area contributed by atoms with Crippen molar-refractivity contribution >= 4 is 23.2 Å². The molecule has 5 heteroatoms. The van der Waals surface area contributed by atoms with Gasteiger partial charge in [0.1, 0.15) is 11.5 Å². The van der Waals surface area contributed by atoms with Gasteiger partial charge in [-0.15, -0.1) is 0 Å². The fourth-order valence-corrected chi connectivity index (χ4v) is 2.41. The molecule has 2 aromatic carbocycles. The molecule has 2 N–H and O–H groups in total. The second-order valence-electron chi connectivity index (χ2n) is 6.57. The summed E-state index contributed by atoms with van der Waals surface area (Å²) in [6, 6.07) is 14.4. The summed E-state index contributed by atoms with van der Waals surface area (Å²) in [5.41, 5.74) is 2.14. The first kappa shape index (κ1) is 18.2. The quantitative estimate of drug-likeness (QED) is 0.834. The molecule has 0 radical (unpaired) electrons. The van der Waals surface area contributed by atoms with Gasteiger partial charge in [-0.05, 0) is 63.1 Å². The number of nitriles is 1. The highest BCUT2D eigenvalue weighted by Crippen LogP contribution is 2.24. The molecule has 0 aliphatic carbocycles. The maximum Gasteiger partial charge on any atom is 0.239 e. The van der Waals surface area contributed by atoms with Crippen molar-refractivity contribution in [2.75, 3.05) is 10.6 Å². The molecular formula is C20H21N3O2. The lowest BCUT2D eigenvalue weighted by Crippen LogP contribution is -2.41. The third-order valence-corrected chi connectivity index (χ3v) is 3.91. The molecule has 0 aliphatic heterocycles. The van der Waals surface area contributed by atoms with E-state index in [9.17, 15) is 9.59 Å². The number of hydrogen-bond acceptors (Lipinski definition) is 3. The number of carbonyl (C=O) groups is 2.